The van der Waals surface area contributed by atoms with E-state index < -0.39 is 0 Å². The van der Waals surface area contributed by atoms with E-state index in [9.17, 15) is 4.79 Å². The van der Waals surface area contributed by atoms with E-state index >= 15 is 0 Å². The fraction of sp³-hybridized carbons (Fsp3) is 0.667. The third-order valence-corrected chi connectivity index (χ3v) is 2.37. The highest BCUT2D eigenvalue weighted by Gasteiger charge is 2.18. The van der Waals surface area contributed by atoms with Gasteiger partial charge in [-0.15, -0.1) is 5.10 Å². The Morgan fingerprint density at radius 3 is 3.19 bits per heavy atom. The number of carbonyl (C=O) groups is 1. The Morgan fingerprint density at radius 1 is 1.50 bits per heavy atom. The van der Waals surface area contributed by atoms with Crippen LogP contribution in [0.3, 0.4) is 0 Å². The first-order chi connectivity index (χ1) is 7.79. The molecule has 7 nitrogen and oxygen atoms in total. The molecule has 88 valence electrons. The van der Waals surface area contributed by atoms with Gasteiger partial charge in [0.05, 0.1) is 6.54 Å². The molecule has 16 heavy (non-hydrogen) atoms. The van der Waals surface area contributed by atoms with Gasteiger partial charge in [0, 0.05) is 26.1 Å². The largest absolute Gasteiger partial charge is 0.407 e. The van der Waals surface area contributed by atoms with Crippen LogP contribution in [0.4, 0.5) is 6.01 Å². The lowest BCUT2D eigenvalue weighted by molar-refractivity contribution is -0.120. The lowest BCUT2D eigenvalue weighted by atomic mass is 10.4. The summed E-state index contributed by atoms with van der Waals surface area (Å²) in [4.78, 5) is 13.1. The second-order valence-corrected chi connectivity index (χ2v) is 3.60. The molecule has 0 bridgehead atoms. The molecule has 2 heterocycles. The number of nitrogens with zero attached hydrogens (tertiary/aromatic N) is 3. The fourth-order valence-electron chi connectivity index (χ4n) is 1.55. The molecule has 0 aliphatic carbocycles. The van der Waals surface area contributed by atoms with Crippen molar-refractivity contribution in [3.8, 4) is 0 Å². The van der Waals surface area contributed by atoms with E-state index in [-0.39, 0.29) is 5.91 Å². The van der Waals surface area contributed by atoms with Crippen molar-refractivity contribution in [2.24, 2.45) is 0 Å². The zero-order valence-corrected chi connectivity index (χ0v) is 9.19. The van der Waals surface area contributed by atoms with Crippen molar-refractivity contribution in [2.75, 3.05) is 31.6 Å². The molecule has 1 aromatic heterocycles. The van der Waals surface area contributed by atoms with Gasteiger partial charge in [0.15, 0.2) is 0 Å². The SMILES string of the molecule is CNCc1nnc(N2CCNC(=O)CC2)o1. The standard InChI is InChI=1S/C9H15N5O2/c1-10-6-8-12-13-9(16-8)14-4-2-7(15)11-3-5-14/h10H,2-6H2,1H3,(H,11,15). The lowest BCUT2D eigenvalue weighted by Gasteiger charge is -2.15. The first-order valence-corrected chi connectivity index (χ1v) is 5.28. The van der Waals surface area contributed by atoms with E-state index in [1.807, 2.05) is 11.9 Å². The fourth-order valence-corrected chi connectivity index (χ4v) is 1.55. The maximum Gasteiger partial charge on any atom is 0.318 e. The number of hydrogen-bond acceptors (Lipinski definition) is 6. The van der Waals surface area contributed by atoms with Gasteiger partial charge in [0.2, 0.25) is 11.8 Å². The van der Waals surface area contributed by atoms with E-state index in [2.05, 4.69) is 20.8 Å². The molecule has 0 atom stereocenters. The maximum atomic E-state index is 11.2. The molecule has 0 aromatic carbocycles. The number of nitrogens with one attached hydrogen (secondary N) is 2. The second-order valence-electron chi connectivity index (χ2n) is 3.60. The molecule has 1 aromatic rings. The molecule has 2 N–H and O–H groups in total. The Morgan fingerprint density at radius 2 is 2.38 bits per heavy atom. The monoisotopic (exact) mass is 225 g/mol. The van der Waals surface area contributed by atoms with Crippen molar-refractivity contribution in [1.29, 1.82) is 0 Å². The Bertz CT molecular complexity index is 365. The van der Waals surface area contributed by atoms with Gasteiger partial charge >= 0.3 is 6.01 Å². The van der Waals surface area contributed by atoms with Crippen LogP contribution in [0.25, 0.3) is 0 Å². The van der Waals surface area contributed by atoms with E-state index in [4.69, 9.17) is 4.42 Å². The predicted molar refractivity (Wildman–Crippen MR) is 56.9 cm³/mol. The zero-order valence-electron chi connectivity index (χ0n) is 9.19. The third kappa shape index (κ3) is 2.48. The van der Waals surface area contributed by atoms with Crippen molar-refractivity contribution in [3.05, 3.63) is 5.89 Å². The third-order valence-electron chi connectivity index (χ3n) is 2.37. The number of amides is 1. The molecule has 1 amide bonds. The van der Waals surface area contributed by atoms with Gasteiger partial charge in [-0.3, -0.25) is 4.79 Å². The smallest absolute Gasteiger partial charge is 0.318 e. The molecule has 1 saturated heterocycles. The second kappa shape index (κ2) is 4.93. The number of aromatic nitrogens is 2. The maximum absolute atomic E-state index is 11.2. The van der Waals surface area contributed by atoms with Gasteiger partial charge in [0.1, 0.15) is 0 Å². The van der Waals surface area contributed by atoms with Crippen molar-refractivity contribution >= 4 is 11.9 Å². The minimum absolute atomic E-state index is 0.0671. The Labute approximate surface area is 93.2 Å². The molecule has 0 saturated carbocycles. The summed E-state index contributed by atoms with van der Waals surface area (Å²) in [7, 11) is 1.82. The van der Waals surface area contributed by atoms with E-state index in [0.29, 0.717) is 44.5 Å². The molecule has 0 radical (unpaired) electrons. The van der Waals surface area contributed by atoms with Crippen molar-refractivity contribution in [1.82, 2.24) is 20.8 Å². The van der Waals surface area contributed by atoms with Gasteiger partial charge in [0.25, 0.3) is 0 Å². The topological polar surface area (TPSA) is 83.3 Å². The minimum atomic E-state index is 0.0671. The summed E-state index contributed by atoms with van der Waals surface area (Å²) in [5.41, 5.74) is 0. The molecule has 0 spiro atoms. The first-order valence-electron chi connectivity index (χ1n) is 5.28. The van der Waals surface area contributed by atoms with Crippen LogP contribution in [0.1, 0.15) is 12.3 Å². The molecular weight excluding hydrogens is 210 g/mol. The first kappa shape index (κ1) is 10.9. The van der Waals surface area contributed by atoms with Crippen molar-refractivity contribution in [3.63, 3.8) is 0 Å². The molecule has 1 fully saturated rings. The number of rotatable bonds is 3. The molecular formula is C9H15N5O2. The lowest BCUT2D eigenvalue weighted by Crippen LogP contribution is -2.28. The van der Waals surface area contributed by atoms with Crippen LogP contribution >= 0.6 is 0 Å². The van der Waals surface area contributed by atoms with Crippen LogP contribution in [-0.4, -0.2) is 42.8 Å². The molecule has 7 heteroatoms. The van der Waals surface area contributed by atoms with Crippen molar-refractivity contribution < 1.29 is 9.21 Å². The normalized spacial score (nSPS) is 17.1. The number of anilines is 1. The highest BCUT2D eigenvalue weighted by molar-refractivity contribution is 5.76. The molecule has 2 rings (SSSR count). The number of hydrogen-bond donors (Lipinski definition) is 2. The van der Waals surface area contributed by atoms with Crippen LogP contribution in [0, 0.1) is 0 Å². The summed E-state index contributed by atoms with van der Waals surface area (Å²) in [6, 6.07) is 0.488. The average molecular weight is 225 g/mol. The zero-order chi connectivity index (χ0) is 11.4. The minimum Gasteiger partial charge on any atom is -0.407 e. The van der Waals surface area contributed by atoms with E-state index in [1.54, 1.807) is 0 Å². The van der Waals surface area contributed by atoms with Gasteiger partial charge in [-0.1, -0.05) is 5.10 Å². The van der Waals surface area contributed by atoms with E-state index in [0.717, 1.165) is 0 Å². The summed E-state index contributed by atoms with van der Waals surface area (Å²) in [5, 5.41) is 13.6. The van der Waals surface area contributed by atoms with Crippen LogP contribution < -0.4 is 15.5 Å². The molecule has 1 aliphatic heterocycles. The van der Waals surface area contributed by atoms with Gasteiger partial charge in [-0.05, 0) is 7.05 Å². The van der Waals surface area contributed by atoms with Gasteiger partial charge in [-0.2, -0.15) is 0 Å². The van der Waals surface area contributed by atoms with Crippen LogP contribution in [0.2, 0.25) is 0 Å². The summed E-state index contributed by atoms with van der Waals surface area (Å²) in [5.74, 6) is 0.624. The predicted octanol–water partition coefficient (Wildman–Crippen LogP) is -0.885. The molecule has 0 unspecified atom stereocenters. The van der Waals surface area contributed by atoms with Crippen LogP contribution in [0.15, 0.2) is 4.42 Å². The van der Waals surface area contributed by atoms with Crippen LogP contribution in [-0.2, 0) is 11.3 Å². The Kier molecular flexibility index (Phi) is 3.35. The highest BCUT2D eigenvalue weighted by Crippen LogP contribution is 2.13. The average Bonchev–Trinajstić information content (AvgIpc) is 2.62. The van der Waals surface area contributed by atoms with Gasteiger partial charge < -0.3 is 20.0 Å². The van der Waals surface area contributed by atoms with Crippen molar-refractivity contribution in [2.45, 2.75) is 13.0 Å². The summed E-state index contributed by atoms with van der Waals surface area (Å²) in [6.07, 6.45) is 0.462. The Hall–Kier alpha value is -1.63. The van der Waals surface area contributed by atoms with E-state index in [1.165, 1.54) is 0 Å². The summed E-state index contributed by atoms with van der Waals surface area (Å²) >= 11 is 0. The summed E-state index contributed by atoms with van der Waals surface area (Å²) in [6.45, 7) is 2.49. The molecule has 1 aliphatic rings. The van der Waals surface area contributed by atoms with Crippen LogP contribution in [0.5, 0.6) is 0 Å². The Balaban J connectivity index is 2.01. The quantitative estimate of drug-likeness (QED) is 0.694. The number of carbonyl (C=O) groups excluding carboxylic acids is 1. The van der Waals surface area contributed by atoms with Gasteiger partial charge in [-0.25, -0.2) is 0 Å². The summed E-state index contributed by atoms with van der Waals surface area (Å²) < 4.78 is 5.46. The highest BCUT2D eigenvalue weighted by atomic mass is 16.4.